The first-order valence-corrected chi connectivity index (χ1v) is 9.13. The second-order valence-corrected chi connectivity index (χ2v) is 6.65. The maximum absolute atomic E-state index is 13.1. The minimum Gasteiger partial charge on any atom is -0.356 e. The van der Waals surface area contributed by atoms with E-state index in [9.17, 15) is 4.39 Å². The summed E-state index contributed by atoms with van der Waals surface area (Å²) in [5.74, 6) is 0.519. The van der Waals surface area contributed by atoms with Crippen LogP contribution in [0, 0.1) is 5.82 Å². The Bertz CT molecular complexity index is 548. The number of aliphatic imine (C=N–C) groups is 1. The second kappa shape index (κ2) is 11.9. The van der Waals surface area contributed by atoms with Crippen molar-refractivity contribution in [1.82, 2.24) is 15.5 Å². The van der Waals surface area contributed by atoms with Gasteiger partial charge in [-0.1, -0.05) is 24.6 Å². The molecule has 25 heavy (non-hydrogen) atoms. The summed E-state index contributed by atoms with van der Waals surface area (Å²) in [5, 5.41) is 7.29. The van der Waals surface area contributed by atoms with Crippen LogP contribution in [0.5, 0.6) is 0 Å². The Labute approximate surface area is 172 Å². The fraction of sp³-hybridized carbons (Fsp3) is 0.611. The highest BCUT2D eigenvalue weighted by molar-refractivity contribution is 14.0. The van der Waals surface area contributed by atoms with Gasteiger partial charge < -0.3 is 15.5 Å². The molecule has 0 spiro atoms. The minimum atomic E-state index is -0.302. The van der Waals surface area contributed by atoms with Crippen LogP contribution in [-0.2, 0) is 6.42 Å². The number of nitrogens with zero attached hydrogens (tertiary/aromatic N) is 2. The molecule has 7 heteroatoms. The van der Waals surface area contributed by atoms with Gasteiger partial charge in [-0.05, 0) is 49.9 Å². The van der Waals surface area contributed by atoms with Gasteiger partial charge in [-0.3, -0.25) is 4.99 Å². The monoisotopic (exact) mass is 482 g/mol. The molecule has 2 N–H and O–H groups in total. The molecule has 142 valence electrons. The molecule has 1 aromatic rings. The summed E-state index contributed by atoms with van der Waals surface area (Å²) in [6.07, 6.45) is 4.23. The minimum absolute atomic E-state index is 0. The molecule has 2 rings (SSSR count). The molecule has 0 bridgehead atoms. The average molecular weight is 483 g/mol. The van der Waals surface area contributed by atoms with Crippen LogP contribution in [0.25, 0.3) is 0 Å². The smallest absolute Gasteiger partial charge is 0.191 e. The van der Waals surface area contributed by atoms with Crippen LogP contribution in [0.15, 0.2) is 23.2 Å². The molecule has 0 atom stereocenters. The van der Waals surface area contributed by atoms with Crippen molar-refractivity contribution in [2.45, 2.75) is 38.6 Å². The Kier molecular flexibility index (Phi) is 10.7. The first-order chi connectivity index (χ1) is 11.6. The Balaban J connectivity index is 0.00000312. The molecule has 1 fully saturated rings. The quantitative estimate of drug-likeness (QED) is 0.369. The van der Waals surface area contributed by atoms with Crippen molar-refractivity contribution in [3.8, 4) is 0 Å². The van der Waals surface area contributed by atoms with Crippen LogP contribution in [0.2, 0.25) is 5.02 Å². The lowest BCUT2D eigenvalue weighted by molar-refractivity contribution is 0.206. The van der Waals surface area contributed by atoms with Gasteiger partial charge in [0.1, 0.15) is 5.82 Å². The zero-order chi connectivity index (χ0) is 17.4. The molecule has 0 aliphatic carbocycles. The van der Waals surface area contributed by atoms with Crippen molar-refractivity contribution in [3.63, 3.8) is 0 Å². The van der Waals surface area contributed by atoms with Crippen LogP contribution in [0.3, 0.4) is 0 Å². The third kappa shape index (κ3) is 7.66. The first-order valence-electron chi connectivity index (χ1n) is 8.75. The van der Waals surface area contributed by atoms with Gasteiger partial charge in [0.05, 0.1) is 0 Å². The third-order valence-corrected chi connectivity index (χ3v) is 4.75. The number of hydrogen-bond acceptors (Lipinski definition) is 2. The van der Waals surface area contributed by atoms with E-state index in [2.05, 4.69) is 27.4 Å². The summed E-state index contributed by atoms with van der Waals surface area (Å²) < 4.78 is 13.1. The van der Waals surface area contributed by atoms with E-state index >= 15 is 0 Å². The van der Waals surface area contributed by atoms with Gasteiger partial charge in [0.2, 0.25) is 0 Å². The number of piperidine rings is 1. The van der Waals surface area contributed by atoms with Gasteiger partial charge >= 0.3 is 0 Å². The Hall–Kier alpha value is -0.600. The molecular weight excluding hydrogens is 454 g/mol. The molecule has 0 aromatic heterocycles. The summed E-state index contributed by atoms with van der Waals surface area (Å²) >= 11 is 6.06. The van der Waals surface area contributed by atoms with Crippen molar-refractivity contribution in [1.29, 1.82) is 0 Å². The predicted molar refractivity (Wildman–Crippen MR) is 115 cm³/mol. The van der Waals surface area contributed by atoms with E-state index in [0.29, 0.717) is 17.6 Å². The normalized spacial score (nSPS) is 16.4. The van der Waals surface area contributed by atoms with Crippen LogP contribution in [-0.4, -0.2) is 50.1 Å². The average Bonchev–Trinajstić information content (AvgIpc) is 2.57. The highest BCUT2D eigenvalue weighted by Gasteiger charge is 2.19. The molecular formula is C18H29ClFIN4. The number of nitrogens with one attached hydrogen (secondary N) is 2. The van der Waals surface area contributed by atoms with Crippen molar-refractivity contribution in [2.75, 3.05) is 33.2 Å². The molecule has 0 unspecified atom stereocenters. The van der Waals surface area contributed by atoms with Crippen molar-refractivity contribution in [2.24, 2.45) is 4.99 Å². The Morgan fingerprint density at radius 2 is 2.08 bits per heavy atom. The van der Waals surface area contributed by atoms with E-state index < -0.39 is 0 Å². The molecule has 1 aromatic carbocycles. The Morgan fingerprint density at radius 1 is 1.36 bits per heavy atom. The summed E-state index contributed by atoms with van der Waals surface area (Å²) in [7, 11) is 1.78. The zero-order valence-corrected chi connectivity index (χ0v) is 18.1. The SMILES string of the molecule is CCCN1CCC(NC(=NC)NCCc2ccc(F)cc2Cl)CC1.I. The van der Waals surface area contributed by atoms with Crippen LogP contribution < -0.4 is 10.6 Å². The molecule has 1 aliphatic heterocycles. The maximum Gasteiger partial charge on any atom is 0.191 e. The highest BCUT2D eigenvalue weighted by atomic mass is 127. The molecule has 0 amide bonds. The van der Waals surface area contributed by atoms with E-state index in [-0.39, 0.29) is 29.8 Å². The van der Waals surface area contributed by atoms with Crippen molar-refractivity contribution >= 4 is 41.5 Å². The van der Waals surface area contributed by atoms with Gasteiger partial charge in [0.25, 0.3) is 0 Å². The van der Waals surface area contributed by atoms with Gasteiger partial charge in [0, 0.05) is 37.7 Å². The molecule has 4 nitrogen and oxygen atoms in total. The molecule has 0 radical (unpaired) electrons. The summed E-state index contributed by atoms with van der Waals surface area (Å²) in [6, 6.07) is 5.00. The van der Waals surface area contributed by atoms with E-state index in [0.717, 1.165) is 43.9 Å². The Morgan fingerprint density at radius 3 is 2.68 bits per heavy atom. The van der Waals surface area contributed by atoms with E-state index in [1.54, 1.807) is 13.1 Å². The summed E-state index contributed by atoms with van der Waals surface area (Å²) in [5.41, 5.74) is 0.939. The topological polar surface area (TPSA) is 39.7 Å². The van der Waals surface area contributed by atoms with E-state index in [4.69, 9.17) is 11.6 Å². The summed E-state index contributed by atoms with van der Waals surface area (Å²) in [4.78, 5) is 6.81. The number of rotatable bonds is 6. The van der Waals surface area contributed by atoms with Gasteiger partial charge in [-0.2, -0.15) is 0 Å². The molecule has 1 aliphatic rings. The van der Waals surface area contributed by atoms with E-state index in [1.165, 1.54) is 25.1 Å². The summed E-state index contributed by atoms with van der Waals surface area (Å²) in [6.45, 7) is 6.42. The van der Waals surface area contributed by atoms with Gasteiger partial charge in [0.15, 0.2) is 5.96 Å². The van der Waals surface area contributed by atoms with Crippen LogP contribution in [0.1, 0.15) is 31.7 Å². The number of likely N-dealkylation sites (tertiary alicyclic amines) is 1. The number of hydrogen-bond donors (Lipinski definition) is 2. The number of guanidine groups is 1. The van der Waals surface area contributed by atoms with Gasteiger partial charge in [-0.15, -0.1) is 24.0 Å². The fourth-order valence-corrected chi connectivity index (χ4v) is 3.31. The van der Waals surface area contributed by atoms with E-state index in [1.807, 2.05) is 0 Å². The number of benzene rings is 1. The second-order valence-electron chi connectivity index (χ2n) is 6.24. The predicted octanol–water partition coefficient (Wildman–Crippen LogP) is 3.68. The third-order valence-electron chi connectivity index (χ3n) is 4.39. The van der Waals surface area contributed by atoms with Crippen LogP contribution >= 0.6 is 35.6 Å². The van der Waals surface area contributed by atoms with Crippen LogP contribution in [0.4, 0.5) is 4.39 Å². The lowest BCUT2D eigenvalue weighted by atomic mass is 10.1. The molecule has 1 heterocycles. The van der Waals surface area contributed by atoms with Crippen molar-refractivity contribution in [3.05, 3.63) is 34.6 Å². The molecule has 1 saturated heterocycles. The zero-order valence-electron chi connectivity index (χ0n) is 15.0. The lowest BCUT2D eigenvalue weighted by Crippen LogP contribution is -2.49. The standard InChI is InChI=1S/C18H28ClFN4.HI/c1-3-10-24-11-7-16(8-12-24)23-18(21-2)22-9-6-14-4-5-15(20)13-17(14)19;/h4-5,13,16H,3,6-12H2,1-2H3,(H2,21,22,23);1H. The highest BCUT2D eigenvalue weighted by Crippen LogP contribution is 2.17. The largest absolute Gasteiger partial charge is 0.356 e. The maximum atomic E-state index is 13.1. The molecule has 0 saturated carbocycles. The lowest BCUT2D eigenvalue weighted by Gasteiger charge is -2.32. The fourth-order valence-electron chi connectivity index (χ4n) is 3.05. The van der Waals surface area contributed by atoms with Crippen molar-refractivity contribution < 1.29 is 4.39 Å². The van der Waals surface area contributed by atoms with Gasteiger partial charge in [-0.25, -0.2) is 4.39 Å². The number of halogens is 3. The first kappa shape index (κ1) is 22.4.